The predicted octanol–water partition coefficient (Wildman–Crippen LogP) is 5.40. The van der Waals surface area contributed by atoms with Gasteiger partial charge in [-0.25, -0.2) is 9.97 Å². The number of imidazole rings is 2. The molecule has 3 aromatic heterocycles. The SMILES string of the molecule is COc1cc(-c2ccc(-c3ncc[nH]3)cc2)oc1-c1ccc(-c2ncc[nH]2)cc1. The molecular formula is C23H18N4O2. The Hall–Kier alpha value is -4.06. The largest absolute Gasteiger partial charge is 0.493 e. The number of nitrogens with zero attached hydrogens (tertiary/aromatic N) is 2. The maximum atomic E-state index is 6.17. The fourth-order valence-electron chi connectivity index (χ4n) is 3.29. The number of aromatic nitrogens is 4. The molecule has 6 heteroatoms. The number of furan rings is 1. The monoisotopic (exact) mass is 382 g/mol. The highest BCUT2D eigenvalue weighted by molar-refractivity contribution is 5.74. The zero-order chi connectivity index (χ0) is 19.6. The minimum absolute atomic E-state index is 0.695. The lowest BCUT2D eigenvalue weighted by atomic mass is 10.1. The molecule has 0 aliphatic carbocycles. The van der Waals surface area contributed by atoms with Crippen LogP contribution in [0.15, 0.2) is 83.8 Å². The average Bonchev–Trinajstić information content (AvgIpc) is 3.55. The van der Waals surface area contributed by atoms with Gasteiger partial charge in [-0.3, -0.25) is 0 Å². The first-order valence-electron chi connectivity index (χ1n) is 9.20. The summed E-state index contributed by atoms with van der Waals surface area (Å²) in [7, 11) is 1.65. The summed E-state index contributed by atoms with van der Waals surface area (Å²) in [5.74, 6) is 3.81. The predicted molar refractivity (Wildman–Crippen MR) is 111 cm³/mol. The lowest BCUT2D eigenvalue weighted by Gasteiger charge is -2.03. The molecule has 6 nitrogen and oxygen atoms in total. The van der Waals surface area contributed by atoms with Crippen LogP contribution in [0.25, 0.3) is 45.4 Å². The first kappa shape index (κ1) is 17.1. The molecule has 29 heavy (non-hydrogen) atoms. The molecule has 0 amide bonds. The van der Waals surface area contributed by atoms with Crippen molar-refractivity contribution in [3.63, 3.8) is 0 Å². The minimum Gasteiger partial charge on any atom is -0.493 e. The van der Waals surface area contributed by atoms with E-state index in [4.69, 9.17) is 9.15 Å². The molecule has 2 aromatic carbocycles. The summed E-state index contributed by atoms with van der Waals surface area (Å²) in [6.07, 6.45) is 7.10. The van der Waals surface area contributed by atoms with E-state index < -0.39 is 0 Å². The van der Waals surface area contributed by atoms with E-state index in [9.17, 15) is 0 Å². The molecule has 2 N–H and O–H groups in total. The van der Waals surface area contributed by atoms with Gasteiger partial charge >= 0.3 is 0 Å². The van der Waals surface area contributed by atoms with E-state index in [2.05, 4.69) is 19.9 Å². The van der Waals surface area contributed by atoms with E-state index in [0.717, 1.165) is 39.7 Å². The third-order valence-electron chi connectivity index (χ3n) is 4.78. The van der Waals surface area contributed by atoms with E-state index in [1.54, 1.807) is 19.5 Å². The summed E-state index contributed by atoms with van der Waals surface area (Å²) in [4.78, 5) is 14.8. The molecule has 0 saturated carbocycles. The first-order chi connectivity index (χ1) is 14.3. The van der Waals surface area contributed by atoms with E-state index in [0.29, 0.717) is 11.5 Å². The Morgan fingerprint density at radius 1 is 0.724 bits per heavy atom. The van der Waals surface area contributed by atoms with Crippen LogP contribution in [0.3, 0.4) is 0 Å². The molecule has 0 fully saturated rings. The summed E-state index contributed by atoms with van der Waals surface area (Å²) in [6.45, 7) is 0. The molecule has 0 unspecified atom stereocenters. The topological polar surface area (TPSA) is 79.7 Å². The number of rotatable bonds is 5. The van der Waals surface area contributed by atoms with Crippen molar-refractivity contribution in [2.45, 2.75) is 0 Å². The molecule has 0 aliphatic heterocycles. The number of hydrogen-bond donors (Lipinski definition) is 2. The second-order valence-electron chi connectivity index (χ2n) is 6.54. The van der Waals surface area contributed by atoms with Crippen LogP contribution in [0, 0.1) is 0 Å². The Bertz CT molecular complexity index is 1200. The van der Waals surface area contributed by atoms with Crippen LogP contribution in [0.2, 0.25) is 0 Å². The number of ether oxygens (including phenoxy) is 1. The van der Waals surface area contributed by atoms with Crippen molar-refractivity contribution in [1.82, 2.24) is 19.9 Å². The van der Waals surface area contributed by atoms with E-state index in [-0.39, 0.29) is 0 Å². The van der Waals surface area contributed by atoms with Crippen molar-refractivity contribution in [1.29, 1.82) is 0 Å². The number of benzene rings is 2. The van der Waals surface area contributed by atoms with Crippen LogP contribution in [0.5, 0.6) is 5.75 Å². The smallest absolute Gasteiger partial charge is 0.176 e. The third kappa shape index (κ3) is 3.21. The van der Waals surface area contributed by atoms with Crippen LogP contribution < -0.4 is 4.74 Å². The lowest BCUT2D eigenvalue weighted by Crippen LogP contribution is -1.84. The molecule has 0 bridgehead atoms. The molecule has 3 heterocycles. The normalized spacial score (nSPS) is 10.9. The molecule has 142 valence electrons. The van der Waals surface area contributed by atoms with Gasteiger partial charge < -0.3 is 19.1 Å². The number of H-pyrrole nitrogens is 2. The van der Waals surface area contributed by atoms with Crippen molar-refractivity contribution in [2.75, 3.05) is 7.11 Å². The van der Waals surface area contributed by atoms with Gasteiger partial charge in [-0.05, 0) is 0 Å². The lowest BCUT2D eigenvalue weighted by molar-refractivity contribution is 0.410. The standard InChI is InChI=1S/C23H18N4O2/c1-28-20-14-19(15-2-6-17(7-3-15)22-24-10-11-25-22)29-21(20)16-4-8-18(9-5-16)23-26-12-13-27-23/h2-14H,1H3,(H,24,25)(H,26,27). The first-order valence-corrected chi connectivity index (χ1v) is 9.20. The minimum atomic E-state index is 0.695. The fraction of sp³-hybridized carbons (Fsp3) is 0.0435. The summed E-state index contributed by atoms with van der Waals surface area (Å²) < 4.78 is 11.7. The van der Waals surface area contributed by atoms with E-state index >= 15 is 0 Å². The average molecular weight is 382 g/mol. The Kier molecular flexibility index (Phi) is 4.22. The molecule has 5 rings (SSSR count). The van der Waals surface area contributed by atoms with Crippen molar-refractivity contribution in [3.8, 4) is 51.2 Å². The molecular weight excluding hydrogens is 364 g/mol. The van der Waals surface area contributed by atoms with Crippen LogP contribution in [-0.2, 0) is 0 Å². The molecule has 0 saturated heterocycles. The highest BCUT2D eigenvalue weighted by Gasteiger charge is 2.16. The Balaban J connectivity index is 1.46. The second-order valence-corrected chi connectivity index (χ2v) is 6.54. The zero-order valence-electron chi connectivity index (χ0n) is 15.7. The zero-order valence-corrected chi connectivity index (χ0v) is 15.7. The van der Waals surface area contributed by atoms with Gasteiger partial charge in [0, 0.05) is 53.1 Å². The molecule has 0 spiro atoms. The number of hydrogen-bond acceptors (Lipinski definition) is 4. The van der Waals surface area contributed by atoms with Gasteiger partial charge in [0.15, 0.2) is 11.5 Å². The molecule has 0 radical (unpaired) electrons. The maximum absolute atomic E-state index is 6.17. The summed E-state index contributed by atoms with van der Waals surface area (Å²) >= 11 is 0. The van der Waals surface area contributed by atoms with Crippen LogP contribution in [-0.4, -0.2) is 27.0 Å². The van der Waals surface area contributed by atoms with Crippen molar-refractivity contribution in [3.05, 3.63) is 79.4 Å². The van der Waals surface area contributed by atoms with E-state index in [1.807, 2.05) is 67.0 Å². The van der Waals surface area contributed by atoms with E-state index in [1.165, 1.54) is 0 Å². The van der Waals surface area contributed by atoms with Gasteiger partial charge in [-0.2, -0.15) is 0 Å². The Morgan fingerprint density at radius 2 is 1.24 bits per heavy atom. The second kappa shape index (κ2) is 7.16. The van der Waals surface area contributed by atoms with Gasteiger partial charge in [-0.1, -0.05) is 48.5 Å². The van der Waals surface area contributed by atoms with Crippen LogP contribution in [0.1, 0.15) is 0 Å². The summed E-state index contributed by atoms with van der Waals surface area (Å²) in [5.41, 5.74) is 3.94. The van der Waals surface area contributed by atoms with Gasteiger partial charge in [0.25, 0.3) is 0 Å². The molecule has 5 aromatic rings. The summed E-state index contributed by atoms with van der Waals surface area (Å²) in [5, 5.41) is 0. The van der Waals surface area contributed by atoms with Gasteiger partial charge in [0.05, 0.1) is 7.11 Å². The van der Waals surface area contributed by atoms with Gasteiger partial charge in [-0.15, -0.1) is 0 Å². The van der Waals surface area contributed by atoms with Crippen molar-refractivity contribution < 1.29 is 9.15 Å². The maximum Gasteiger partial charge on any atom is 0.176 e. The third-order valence-corrected chi connectivity index (χ3v) is 4.78. The fourth-order valence-corrected chi connectivity index (χ4v) is 3.29. The molecule has 0 aliphatic rings. The number of methoxy groups -OCH3 is 1. The van der Waals surface area contributed by atoms with Crippen molar-refractivity contribution in [2.24, 2.45) is 0 Å². The van der Waals surface area contributed by atoms with Gasteiger partial charge in [0.1, 0.15) is 17.4 Å². The van der Waals surface area contributed by atoms with Crippen molar-refractivity contribution >= 4 is 0 Å². The molecule has 0 atom stereocenters. The van der Waals surface area contributed by atoms with Crippen LogP contribution >= 0.6 is 0 Å². The highest BCUT2D eigenvalue weighted by atomic mass is 16.5. The Labute approximate surface area is 167 Å². The van der Waals surface area contributed by atoms with Crippen LogP contribution in [0.4, 0.5) is 0 Å². The number of nitrogens with one attached hydrogen (secondary N) is 2. The highest BCUT2D eigenvalue weighted by Crippen LogP contribution is 2.38. The Morgan fingerprint density at radius 3 is 1.72 bits per heavy atom. The number of aromatic amines is 2. The summed E-state index contributed by atoms with van der Waals surface area (Å²) in [6, 6.07) is 18.0. The quantitative estimate of drug-likeness (QED) is 0.426. The van der Waals surface area contributed by atoms with Gasteiger partial charge in [0.2, 0.25) is 0 Å².